The van der Waals surface area contributed by atoms with Gasteiger partial charge in [-0.2, -0.15) is 0 Å². The van der Waals surface area contributed by atoms with Crippen LogP contribution in [0, 0.1) is 11.8 Å². The van der Waals surface area contributed by atoms with E-state index in [1.807, 2.05) is 44.0 Å². The molecule has 118 valence electrons. The fourth-order valence-corrected chi connectivity index (χ4v) is 3.36. The molecule has 1 aromatic rings. The molecule has 0 N–H and O–H groups in total. The molecule has 1 saturated heterocycles. The van der Waals surface area contributed by atoms with E-state index < -0.39 is 5.60 Å². The molecule has 0 saturated carbocycles. The van der Waals surface area contributed by atoms with Crippen molar-refractivity contribution in [3.8, 4) is 0 Å². The van der Waals surface area contributed by atoms with E-state index in [1.54, 1.807) is 0 Å². The van der Waals surface area contributed by atoms with Gasteiger partial charge in [0.25, 0.3) is 0 Å². The van der Waals surface area contributed by atoms with Crippen LogP contribution in [0.3, 0.4) is 0 Å². The summed E-state index contributed by atoms with van der Waals surface area (Å²) in [6.07, 6.45) is 4.87. The first-order valence-corrected chi connectivity index (χ1v) is 8.01. The van der Waals surface area contributed by atoms with Crippen molar-refractivity contribution in [3.63, 3.8) is 0 Å². The maximum atomic E-state index is 12.2. The second kappa shape index (κ2) is 5.58. The number of carbonyl (C=O) groups is 1. The van der Waals surface area contributed by atoms with Gasteiger partial charge < -0.3 is 9.64 Å². The molecule has 0 unspecified atom stereocenters. The number of likely N-dealkylation sites (tertiary alicyclic amines) is 1. The third kappa shape index (κ3) is 3.12. The molecular formula is C17H21ClN2O2. The van der Waals surface area contributed by atoms with E-state index in [0.29, 0.717) is 23.5 Å². The van der Waals surface area contributed by atoms with Crippen LogP contribution in [0.4, 0.5) is 4.79 Å². The first-order valence-electron chi connectivity index (χ1n) is 7.63. The Balaban J connectivity index is 1.71. The highest BCUT2D eigenvalue weighted by Gasteiger charge is 2.41. The van der Waals surface area contributed by atoms with E-state index in [4.69, 9.17) is 16.3 Å². The lowest BCUT2D eigenvalue weighted by molar-refractivity contribution is 0.0285. The van der Waals surface area contributed by atoms with Crippen LogP contribution in [-0.4, -0.2) is 34.7 Å². The SMILES string of the molecule is CC(C)(C)OC(=O)N1C[C@@H]2CC=C(c3ccc(Cl)nc3)[C@@H]2C1. The fourth-order valence-electron chi connectivity index (χ4n) is 3.25. The predicted octanol–water partition coefficient (Wildman–Crippen LogP) is 4.01. The second-order valence-electron chi connectivity index (χ2n) is 7.02. The third-order valence-electron chi connectivity index (χ3n) is 4.19. The Morgan fingerprint density at radius 1 is 1.36 bits per heavy atom. The summed E-state index contributed by atoms with van der Waals surface area (Å²) < 4.78 is 5.48. The van der Waals surface area contributed by atoms with Crippen LogP contribution in [0.15, 0.2) is 24.4 Å². The highest BCUT2D eigenvalue weighted by molar-refractivity contribution is 6.29. The largest absolute Gasteiger partial charge is 0.444 e. The first kappa shape index (κ1) is 15.3. The number of pyridine rings is 1. The van der Waals surface area contributed by atoms with E-state index in [-0.39, 0.29) is 6.09 Å². The zero-order chi connectivity index (χ0) is 15.9. The summed E-state index contributed by atoms with van der Waals surface area (Å²) in [6, 6.07) is 3.81. The van der Waals surface area contributed by atoms with Crippen LogP contribution in [0.2, 0.25) is 5.15 Å². The Labute approximate surface area is 136 Å². The summed E-state index contributed by atoms with van der Waals surface area (Å²) >= 11 is 5.86. The zero-order valence-corrected chi connectivity index (χ0v) is 13.9. The van der Waals surface area contributed by atoms with Crippen molar-refractivity contribution in [3.05, 3.63) is 35.1 Å². The minimum Gasteiger partial charge on any atom is -0.444 e. The van der Waals surface area contributed by atoms with Gasteiger partial charge in [-0.1, -0.05) is 23.7 Å². The van der Waals surface area contributed by atoms with Crippen molar-refractivity contribution in [2.24, 2.45) is 11.8 Å². The number of rotatable bonds is 1. The Kier molecular flexibility index (Phi) is 3.89. The monoisotopic (exact) mass is 320 g/mol. The molecule has 0 aromatic carbocycles. The average molecular weight is 321 g/mol. The van der Waals surface area contributed by atoms with Gasteiger partial charge in [-0.25, -0.2) is 9.78 Å². The van der Waals surface area contributed by atoms with Crippen molar-refractivity contribution >= 4 is 23.3 Å². The average Bonchev–Trinajstić information content (AvgIpc) is 2.97. The minimum absolute atomic E-state index is 0.213. The number of hydrogen-bond donors (Lipinski definition) is 0. The van der Waals surface area contributed by atoms with Crippen LogP contribution in [0.5, 0.6) is 0 Å². The van der Waals surface area contributed by atoms with Crippen molar-refractivity contribution in [2.75, 3.05) is 13.1 Å². The number of nitrogens with zero attached hydrogens (tertiary/aromatic N) is 2. The van der Waals surface area contributed by atoms with E-state index in [1.165, 1.54) is 5.57 Å². The summed E-state index contributed by atoms with van der Waals surface area (Å²) in [6.45, 7) is 7.17. The summed E-state index contributed by atoms with van der Waals surface area (Å²) in [5.41, 5.74) is 1.93. The molecule has 0 radical (unpaired) electrons. The van der Waals surface area contributed by atoms with Crippen molar-refractivity contribution in [1.29, 1.82) is 0 Å². The lowest BCUT2D eigenvalue weighted by Crippen LogP contribution is -2.35. The first-order chi connectivity index (χ1) is 10.3. The third-order valence-corrected chi connectivity index (χ3v) is 4.42. The van der Waals surface area contributed by atoms with Gasteiger partial charge in [0.05, 0.1) is 0 Å². The van der Waals surface area contributed by atoms with Gasteiger partial charge in [0.2, 0.25) is 0 Å². The smallest absolute Gasteiger partial charge is 0.410 e. The lowest BCUT2D eigenvalue weighted by atomic mass is 9.91. The molecule has 3 rings (SSSR count). The number of allylic oxidation sites excluding steroid dienone is 1. The molecule has 2 aliphatic rings. The molecule has 2 heterocycles. The topological polar surface area (TPSA) is 42.4 Å². The molecule has 2 atom stereocenters. The highest BCUT2D eigenvalue weighted by Crippen LogP contribution is 2.43. The summed E-state index contributed by atoms with van der Waals surface area (Å²) in [5, 5.41) is 0.501. The quantitative estimate of drug-likeness (QED) is 0.734. The zero-order valence-electron chi connectivity index (χ0n) is 13.2. The Bertz CT molecular complexity index is 604. The van der Waals surface area contributed by atoms with Gasteiger partial charge in [-0.15, -0.1) is 0 Å². The van der Waals surface area contributed by atoms with Crippen molar-refractivity contribution in [1.82, 2.24) is 9.88 Å². The van der Waals surface area contributed by atoms with Gasteiger partial charge in [0, 0.05) is 25.2 Å². The molecule has 1 amide bonds. The number of halogens is 1. The number of hydrogen-bond acceptors (Lipinski definition) is 3. The second-order valence-corrected chi connectivity index (χ2v) is 7.40. The number of ether oxygens (including phenoxy) is 1. The Morgan fingerprint density at radius 3 is 2.77 bits per heavy atom. The molecule has 22 heavy (non-hydrogen) atoms. The Morgan fingerprint density at radius 2 is 2.14 bits per heavy atom. The molecule has 1 aromatic heterocycles. The van der Waals surface area contributed by atoms with Gasteiger partial charge in [-0.05, 0) is 50.3 Å². The molecule has 5 heteroatoms. The van der Waals surface area contributed by atoms with Crippen LogP contribution in [0.25, 0.3) is 5.57 Å². The summed E-state index contributed by atoms with van der Waals surface area (Å²) in [5.74, 6) is 0.855. The maximum Gasteiger partial charge on any atom is 0.410 e. The van der Waals surface area contributed by atoms with E-state index in [9.17, 15) is 4.79 Å². The molecule has 1 fully saturated rings. The van der Waals surface area contributed by atoms with Gasteiger partial charge in [-0.3, -0.25) is 0 Å². The van der Waals surface area contributed by atoms with Crippen LogP contribution >= 0.6 is 11.6 Å². The molecule has 1 aliphatic heterocycles. The van der Waals surface area contributed by atoms with Crippen molar-refractivity contribution in [2.45, 2.75) is 32.8 Å². The maximum absolute atomic E-state index is 12.2. The van der Waals surface area contributed by atoms with E-state index in [0.717, 1.165) is 18.5 Å². The van der Waals surface area contributed by atoms with Crippen molar-refractivity contribution < 1.29 is 9.53 Å². The van der Waals surface area contributed by atoms with E-state index >= 15 is 0 Å². The molecule has 0 bridgehead atoms. The predicted molar refractivity (Wildman–Crippen MR) is 86.6 cm³/mol. The molecular weight excluding hydrogens is 300 g/mol. The number of fused-ring (bicyclic) bond motifs is 1. The highest BCUT2D eigenvalue weighted by atomic mass is 35.5. The minimum atomic E-state index is -0.451. The van der Waals surface area contributed by atoms with Gasteiger partial charge in [0.1, 0.15) is 10.8 Å². The van der Waals surface area contributed by atoms with E-state index in [2.05, 4.69) is 11.1 Å². The van der Waals surface area contributed by atoms with Gasteiger partial charge >= 0.3 is 6.09 Å². The lowest BCUT2D eigenvalue weighted by Gasteiger charge is -2.24. The number of amides is 1. The van der Waals surface area contributed by atoms with Crippen LogP contribution in [0.1, 0.15) is 32.8 Å². The normalized spacial score (nSPS) is 24.2. The molecule has 0 spiro atoms. The summed E-state index contributed by atoms with van der Waals surface area (Å²) in [7, 11) is 0. The van der Waals surface area contributed by atoms with Crippen LogP contribution in [-0.2, 0) is 4.74 Å². The summed E-state index contributed by atoms with van der Waals surface area (Å²) in [4.78, 5) is 18.2. The number of carbonyl (C=O) groups excluding carboxylic acids is 1. The standard InChI is InChI=1S/C17H21ClN2O2/c1-17(2,3)22-16(21)20-9-12-4-6-13(14(12)10-20)11-5-7-15(18)19-8-11/h5-8,12,14H,4,9-10H2,1-3H3/t12-,14+/m0/s1. The fraction of sp³-hybridized carbons (Fsp3) is 0.529. The van der Waals surface area contributed by atoms with Gasteiger partial charge in [0.15, 0.2) is 0 Å². The molecule has 1 aliphatic carbocycles. The van der Waals surface area contributed by atoms with Crippen LogP contribution < -0.4 is 0 Å². The molecule has 4 nitrogen and oxygen atoms in total. The number of aromatic nitrogens is 1. The Hall–Kier alpha value is -1.55.